The molecule has 0 atom stereocenters. The number of carboxylic acids is 1. The molecule has 150 valence electrons. The van der Waals surface area contributed by atoms with Gasteiger partial charge in [-0.05, 0) is 44.7 Å². The molecule has 3 heterocycles. The van der Waals surface area contributed by atoms with Crippen LogP contribution in [0.5, 0.6) is 0 Å². The maximum Gasteiger partial charge on any atom is 0.306 e. The highest BCUT2D eigenvalue weighted by atomic mass is 16.4. The fraction of sp³-hybridized carbons (Fsp3) is 0.500. The van der Waals surface area contributed by atoms with Crippen molar-refractivity contribution >= 4 is 23.4 Å². The normalized spacial score (nSPS) is 15.0. The van der Waals surface area contributed by atoms with Gasteiger partial charge in [-0.15, -0.1) is 0 Å². The van der Waals surface area contributed by atoms with Crippen LogP contribution in [0.4, 0.5) is 0 Å². The molecule has 1 fully saturated rings. The van der Waals surface area contributed by atoms with Crippen molar-refractivity contribution in [2.75, 3.05) is 19.6 Å². The van der Waals surface area contributed by atoms with Gasteiger partial charge in [0, 0.05) is 32.3 Å². The number of pyridine rings is 1. The van der Waals surface area contributed by atoms with E-state index in [0.29, 0.717) is 56.7 Å². The summed E-state index contributed by atoms with van der Waals surface area (Å²) in [5, 5.41) is 11.9. The predicted molar refractivity (Wildman–Crippen MR) is 103 cm³/mol. The number of aliphatic carboxylic acids is 1. The van der Waals surface area contributed by atoms with Crippen molar-refractivity contribution in [3.63, 3.8) is 0 Å². The molecule has 2 aromatic rings. The number of amides is 2. The van der Waals surface area contributed by atoms with Gasteiger partial charge >= 0.3 is 5.97 Å². The van der Waals surface area contributed by atoms with E-state index in [1.807, 2.05) is 32.2 Å². The quantitative estimate of drug-likeness (QED) is 0.737. The van der Waals surface area contributed by atoms with Gasteiger partial charge < -0.3 is 15.3 Å². The Morgan fingerprint density at radius 1 is 1.25 bits per heavy atom. The first-order valence-corrected chi connectivity index (χ1v) is 9.61. The predicted octanol–water partition coefficient (Wildman–Crippen LogP) is 1.78. The highest BCUT2D eigenvalue weighted by molar-refractivity contribution is 5.94. The number of aromatic nitrogens is 2. The lowest BCUT2D eigenvalue weighted by molar-refractivity contribution is -0.145. The van der Waals surface area contributed by atoms with Gasteiger partial charge in [0.05, 0.1) is 11.6 Å². The smallest absolute Gasteiger partial charge is 0.306 e. The highest BCUT2D eigenvalue weighted by Gasteiger charge is 2.26. The van der Waals surface area contributed by atoms with E-state index in [1.165, 1.54) is 0 Å². The molecule has 0 radical (unpaired) electrons. The van der Waals surface area contributed by atoms with Crippen molar-refractivity contribution in [3.05, 3.63) is 35.3 Å². The standard InChI is InChI=1S/C20H26N4O4/c1-13-5-4-10-24-17(14(2)22-18(13)24)19(26)21-9-3-6-16(25)23-11-7-15(8-12-23)20(27)28/h4-5,10,15H,3,6-9,11-12H2,1-2H3,(H,21,26)(H,27,28). The molecule has 8 heteroatoms. The minimum atomic E-state index is -0.785. The Morgan fingerprint density at radius 3 is 2.64 bits per heavy atom. The number of nitrogens with one attached hydrogen (secondary N) is 1. The lowest BCUT2D eigenvalue weighted by Gasteiger charge is -2.30. The minimum Gasteiger partial charge on any atom is -0.481 e. The second-order valence-corrected chi connectivity index (χ2v) is 7.28. The van der Waals surface area contributed by atoms with Crippen LogP contribution in [0.15, 0.2) is 18.3 Å². The van der Waals surface area contributed by atoms with E-state index in [1.54, 1.807) is 9.30 Å². The summed E-state index contributed by atoms with van der Waals surface area (Å²) < 4.78 is 1.79. The number of rotatable bonds is 6. The van der Waals surface area contributed by atoms with Crippen LogP contribution in [0.1, 0.15) is 47.4 Å². The zero-order valence-electron chi connectivity index (χ0n) is 16.3. The second-order valence-electron chi connectivity index (χ2n) is 7.28. The lowest BCUT2D eigenvalue weighted by Crippen LogP contribution is -2.40. The third-order valence-electron chi connectivity index (χ3n) is 5.28. The van der Waals surface area contributed by atoms with Crippen LogP contribution in [0.2, 0.25) is 0 Å². The third-order valence-corrected chi connectivity index (χ3v) is 5.28. The number of nitrogens with zero attached hydrogens (tertiary/aromatic N) is 3. The number of aryl methyl sites for hydroxylation is 2. The summed E-state index contributed by atoms with van der Waals surface area (Å²) in [6.45, 7) is 5.14. The van der Waals surface area contributed by atoms with E-state index in [4.69, 9.17) is 5.11 Å². The Labute approximate surface area is 163 Å². The maximum absolute atomic E-state index is 12.6. The van der Waals surface area contributed by atoms with E-state index < -0.39 is 5.97 Å². The highest BCUT2D eigenvalue weighted by Crippen LogP contribution is 2.18. The average molecular weight is 386 g/mol. The largest absolute Gasteiger partial charge is 0.481 e. The van der Waals surface area contributed by atoms with Crippen LogP contribution in [0, 0.1) is 19.8 Å². The van der Waals surface area contributed by atoms with Gasteiger partial charge in [0.15, 0.2) is 0 Å². The van der Waals surface area contributed by atoms with Crippen molar-refractivity contribution in [2.24, 2.45) is 5.92 Å². The average Bonchev–Trinajstić information content (AvgIpc) is 3.02. The number of imidazole rings is 1. The molecule has 2 amide bonds. The fourth-order valence-corrected chi connectivity index (χ4v) is 3.65. The molecule has 3 rings (SSSR count). The van der Waals surface area contributed by atoms with Crippen molar-refractivity contribution in [1.29, 1.82) is 0 Å². The number of fused-ring (bicyclic) bond motifs is 1. The van der Waals surface area contributed by atoms with Crippen molar-refractivity contribution in [2.45, 2.75) is 39.5 Å². The summed E-state index contributed by atoms with van der Waals surface area (Å²) in [5.74, 6) is -1.32. The topological polar surface area (TPSA) is 104 Å². The Balaban J connectivity index is 1.48. The van der Waals surface area contributed by atoms with Gasteiger partial charge in [-0.25, -0.2) is 4.98 Å². The van der Waals surface area contributed by atoms with E-state index in [0.717, 1.165) is 11.2 Å². The summed E-state index contributed by atoms with van der Waals surface area (Å²) in [7, 11) is 0. The molecule has 0 spiro atoms. The number of hydrogen-bond donors (Lipinski definition) is 2. The third kappa shape index (κ3) is 4.16. The minimum absolute atomic E-state index is 0.0136. The fourth-order valence-electron chi connectivity index (χ4n) is 3.65. The van der Waals surface area contributed by atoms with Crippen LogP contribution < -0.4 is 5.32 Å². The second kappa shape index (κ2) is 8.41. The molecule has 0 saturated carbocycles. The van der Waals surface area contributed by atoms with Gasteiger partial charge in [0.1, 0.15) is 11.3 Å². The van der Waals surface area contributed by atoms with E-state index in [9.17, 15) is 14.4 Å². The van der Waals surface area contributed by atoms with E-state index in [2.05, 4.69) is 10.3 Å². The monoisotopic (exact) mass is 386 g/mol. The summed E-state index contributed by atoms with van der Waals surface area (Å²) >= 11 is 0. The van der Waals surface area contributed by atoms with Crippen LogP contribution in [-0.2, 0) is 9.59 Å². The Morgan fingerprint density at radius 2 is 1.96 bits per heavy atom. The molecule has 1 saturated heterocycles. The maximum atomic E-state index is 12.6. The zero-order valence-corrected chi connectivity index (χ0v) is 16.3. The summed E-state index contributed by atoms with van der Waals surface area (Å²) in [6.07, 6.45) is 3.71. The molecular formula is C20H26N4O4. The SMILES string of the molecule is Cc1nc2c(C)cccn2c1C(=O)NCCCC(=O)N1CCC(C(=O)O)CC1. The first kappa shape index (κ1) is 19.9. The molecule has 8 nitrogen and oxygen atoms in total. The molecule has 0 bridgehead atoms. The number of piperidine rings is 1. The molecule has 28 heavy (non-hydrogen) atoms. The van der Waals surface area contributed by atoms with Crippen LogP contribution in [0.25, 0.3) is 5.65 Å². The van der Waals surface area contributed by atoms with Gasteiger partial charge in [-0.2, -0.15) is 0 Å². The van der Waals surface area contributed by atoms with E-state index in [-0.39, 0.29) is 17.7 Å². The van der Waals surface area contributed by atoms with Crippen LogP contribution in [-0.4, -0.2) is 56.8 Å². The summed E-state index contributed by atoms with van der Waals surface area (Å²) in [6, 6.07) is 3.83. The van der Waals surface area contributed by atoms with Crippen molar-refractivity contribution in [1.82, 2.24) is 19.6 Å². The number of carbonyl (C=O) groups is 3. The van der Waals surface area contributed by atoms with Gasteiger partial charge in [0.25, 0.3) is 5.91 Å². The van der Waals surface area contributed by atoms with Crippen molar-refractivity contribution < 1.29 is 19.5 Å². The van der Waals surface area contributed by atoms with Gasteiger partial charge in [0.2, 0.25) is 5.91 Å². The number of likely N-dealkylation sites (tertiary alicyclic amines) is 1. The van der Waals surface area contributed by atoms with Crippen LogP contribution in [0.3, 0.4) is 0 Å². The molecule has 0 aliphatic carbocycles. The van der Waals surface area contributed by atoms with Gasteiger partial charge in [-0.1, -0.05) is 6.07 Å². The summed E-state index contributed by atoms with van der Waals surface area (Å²) in [4.78, 5) is 42.0. The molecule has 2 aromatic heterocycles. The summed E-state index contributed by atoms with van der Waals surface area (Å²) in [5.41, 5.74) is 2.96. The zero-order chi connectivity index (χ0) is 20.3. The molecule has 1 aliphatic heterocycles. The van der Waals surface area contributed by atoms with Gasteiger partial charge in [-0.3, -0.25) is 18.8 Å². The number of carbonyl (C=O) groups excluding carboxylic acids is 2. The van der Waals surface area contributed by atoms with Crippen LogP contribution >= 0.6 is 0 Å². The first-order valence-electron chi connectivity index (χ1n) is 9.61. The van der Waals surface area contributed by atoms with E-state index >= 15 is 0 Å². The molecule has 2 N–H and O–H groups in total. The molecular weight excluding hydrogens is 360 g/mol. The number of hydrogen-bond acceptors (Lipinski definition) is 4. The molecule has 1 aliphatic rings. The molecule has 0 aromatic carbocycles. The molecule has 0 unspecified atom stereocenters. The number of carboxylic acid groups (broad SMARTS) is 1. The Bertz CT molecular complexity index is 897. The van der Waals surface area contributed by atoms with Crippen molar-refractivity contribution in [3.8, 4) is 0 Å². The Hall–Kier alpha value is -2.90. The first-order chi connectivity index (χ1) is 13.4. The Kier molecular flexibility index (Phi) is 5.96. The lowest BCUT2D eigenvalue weighted by atomic mass is 9.97.